The summed E-state index contributed by atoms with van der Waals surface area (Å²) in [4.78, 5) is 0. The van der Waals surface area contributed by atoms with Crippen molar-refractivity contribution in [3.8, 4) is 11.1 Å². The molecule has 26 heavy (non-hydrogen) atoms. The van der Waals surface area contributed by atoms with Crippen LogP contribution in [0.1, 0.15) is 20.8 Å². The molecule has 0 saturated carbocycles. The summed E-state index contributed by atoms with van der Waals surface area (Å²) in [6, 6.07) is 6.75. The molecule has 0 N–H and O–H groups in total. The predicted molar refractivity (Wildman–Crippen MR) is 92.0 cm³/mol. The van der Waals surface area contributed by atoms with Crippen molar-refractivity contribution in [2.24, 2.45) is 0 Å². The van der Waals surface area contributed by atoms with E-state index in [2.05, 4.69) is 0 Å². The van der Waals surface area contributed by atoms with E-state index in [1.54, 1.807) is 12.1 Å². The van der Waals surface area contributed by atoms with Gasteiger partial charge < -0.3 is 13.3 Å². The van der Waals surface area contributed by atoms with E-state index in [1.807, 2.05) is 20.8 Å². The van der Waals surface area contributed by atoms with Gasteiger partial charge in [0.25, 0.3) is 0 Å². The van der Waals surface area contributed by atoms with E-state index in [-0.39, 0.29) is 11.1 Å². The highest BCUT2D eigenvalue weighted by Gasteiger charge is 2.43. The molecule has 8 heteroatoms. The van der Waals surface area contributed by atoms with Crippen LogP contribution in [0.2, 0.25) is 0 Å². The van der Waals surface area contributed by atoms with Gasteiger partial charge in [0.15, 0.2) is 23.3 Å². The molecule has 2 aromatic carbocycles. The van der Waals surface area contributed by atoms with E-state index >= 15 is 0 Å². The molecule has 0 aliphatic rings. The van der Waals surface area contributed by atoms with Crippen molar-refractivity contribution in [2.75, 3.05) is 19.8 Å². The average molecular weight is 388 g/mol. The molecule has 0 bridgehead atoms. The smallest absolute Gasteiger partial charge is 0.370 e. The molecule has 0 amide bonds. The number of halogens is 4. The van der Waals surface area contributed by atoms with Crippen LogP contribution in [0.3, 0.4) is 0 Å². The van der Waals surface area contributed by atoms with Crippen LogP contribution in [-0.2, 0) is 13.3 Å². The van der Waals surface area contributed by atoms with Crippen molar-refractivity contribution < 1.29 is 30.8 Å². The lowest BCUT2D eigenvalue weighted by Crippen LogP contribution is -2.56. The topological polar surface area (TPSA) is 27.7 Å². The van der Waals surface area contributed by atoms with Crippen LogP contribution >= 0.6 is 0 Å². The molecule has 142 valence electrons. The summed E-state index contributed by atoms with van der Waals surface area (Å²) >= 11 is 0. The normalized spacial score (nSPS) is 11.8. The first kappa shape index (κ1) is 20.6. The van der Waals surface area contributed by atoms with Gasteiger partial charge in [-0.2, -0.15) is 0 Å². The van der Waals surface area contributed by atoms with Crippen LogP contribution in [0.25, 0.3) is 11.1 Å². The first-order valence-electron chi connectivity index (χ1n) is 8.25. The van der Waals surface area contributed by atoms with E-state index in [0.717, 1.165) is 0 Å². The lowest BCUT2D eigenvalue weighted by Gasteiger charge is -2.28. The van der Waals surface area contributed by atoms with Crippen molar-refractivity contribution in [1.82, 2.24) is 0 Å². The van der Waals surface area contributed by atoms with Crippen LogP contribution in [0.5, 0.6) is 0 Å². The Morgan fingerprint density at radius 3 is 1.69 bits per heavy atom. The van der Waals surface area contributed by atoms with Crippen molar-refractivity contribution in [3.63, 3.8) is 0 Å². The standard InChI is InChI=1S/C18H20F4O3Si/c1-4-23-26(24-5-2,25-6-3)13-9-7-12(8-10-13)14-11-15(19)17(21)18(22)16(14)20/h7-11H,4-6H2,1-3H3. The third kappa shape index (κ3) is 3.98. The number of hydrogen-bond donors (Lipinski definition) is 0. The molecule has 0 atom stereocenters. The van der Waals surface area contributed by atoms with Gasteiger partial charge in [-0.25, -0.2) is 17.6 Å². The minimum Gasteiger partial charge on any atom is -0.370 e. The van der Waals surface area contributed by atoms with Crippen molar-refractivity contribution in [1.29, 1.82) is 0 Å². The first-order chi connectivity index (χ1) is 12.4. The molecule has 0 unspecified atom stereocenters. The summed E-state index contributed by atoms with van der Waals surface area (Å²) in [7, 11) is -3.14. The largest absolute Gasteiger partial charge is 0.537 e. The monoisotopic (exact) mass is 388 g/mol. The van der Waals surface area contributed by atoms with Crippen LogP contribution in [0, 0.1) is 23.3 Å². The van der Waals surface area contributed by atoms with Gasteiger partial charge in [0, 0.05) is 30.6 Å². The maximum absolute atomic E-state index is 14.0. The lowest BCUT2D eigenvalue weighted by atomic mass is 10.0. The Kier molecular flexibility index (Phi) is 6.93. The molecule has 0 saturated heterocycles. The maximum atomic E-state index is 14.0. The van der Waals surface area contributed by atoms with E-state index in [9.17, 15) is 17.6 Å². The van der Waals surface area contributed by atoms with Crippen molar-refractivity contribution in [3.05, 3.63) is 53.6 Å². The number of hydrogen-bond acceptors (Lipinski definition) is 3. The zero-order valence-electron chi connectivity index (χ0n) is 14.7. The molecule has 0 aromatic heterocycles. The Morgan fingerprint density at radius 2 is 1.23 bits per heavy atom. The second kappa shape index (κ2) is 8.76. The molecule has 0 heterocycles. The molecule has 0 aliphatic carbocycles. The van der Waals surface area contributed by atoms with Crippen LogP contribution in [0.4, 0.5) is 17.6 Å². The highest BCUT2D eigenvalue weighted by Crippen LogP contribution is 2.27. The fourth-order valence-electron chi connectivity index (χ4n) is 2.58. The molecular weight excluding hydrogens is 368 g/mol. The van der Waals surface area contributed by atoms with Crippen molar-refractivity contribution in [2.45, 2.75) is 20.8 Å². The summed E-state index contributed by atoms with van der Waals surface area (Å²) in [6.07, 6.45) is 0. The summed E-state index contributed by atoms with van der Waals surface area (Å²) in [5.74, 6) is -6.58. The molecule has 3 nitrogen and oxygen atoms in total. The summed E-state index contributed by atoms with van der Waals surface area (Å²) < 4.78 is 71.3. The second-order valence-electron chi connectivity index (χ2n) is 5.28. The molecular formula is C18H20F4O3Si. The van der Waals surface area contributed by atoms with Gasteiger partial charge in [-0.1, -0.05) is 24.3 Å². The predicted octanol–water partition coefficient (Wildman–Crippen LogP) is 4.17. The Labute approximate surface area is 150 Å². The van der Waals surface area contributed by atoms with Gasteiger partial charge in [-0.15, -0.1) is 0 Å². The third-order valence-electron chi connectivity index (χ3n) is 3.66. The Bertz CT molecular complexity index is 736. The zero-order valence-corrected chi connectivity index (χ0v) is 15.7. The highest BCUT2D eigenvalue weighted by molar-refractivity contribution is 6.75. The molecule has 0 spiro atoms. The fourth-order valence-corrected chi connectivity index (χ4v) is 5.05. The van der Waals surface area contributed by atoms with Crippen LogP contribution in [0.15, 0.2) is 30.3 Å². The van der Waals surface area contributed by atoms with Gasteiger partial charge in [-0.3, -0.25) is 0 Å². The van der Waals surface area contributed by atoms with Gasteiger partial charge >= 0.3 is 8.80 Å². The van der Waals surface area contributed by atoms with E-state index in [4.69, 9.17) is 13.3 Å². The summed E-state index contributed by atoms with van der Waals surface area (Å²) in [6.45, 7) is 6.56. The van der Waals surface area contributed by atoms with Crippen molar-refractivity contribution >= 4 is 14.0 Å². The molecule has 0 aliphatic heterocycles. The third-order valence-corrected chi connectivity index (χ3v) is 6.70. The zero-order chi connectivity index (χ0) is 19.3. The van der Waals surface area contributed by atoms with Gasteiger partial charge in [-0.05, 0) is 32.4 Å². The first-order valence-corrected chi connectivity index (χ1v) is 9.98. The van der Waals surface area contributed by atoms with Crippen LogP contribution < -0.4 is 5.19 Å². The number of benzene rings is 2. The van der Waals surface area contributed by atoms with E-state index in [0.29, 0.717) is 31.1 Å². The minimum atomic E-state index is -3.14. The quantitative estimate of drug-likeness (QED) is 0.294. The molecule has 2 rings (SSSR count). The SMILES string of the molecule is CCO[Si](OCC)(OCC)c1ccc(-c2cc(F)c(F)c(F)c2F)cc1. The Morgan fingerprint density at radius 1 is 0.731 bits per heavy atom. The second-order valence-corrected chi connectivity index (χ2v) is 7.84. The maximum Gasteiger partial charge on any atom is 0.537 e. The van der Waals surface area contributed by atoms with Gasteiger partial charge in [0.05, 0.1) is 0 Å². The minimum absolute atomic E-state index is 0.191. The van der Waals surface area contributed by atoms with Crippen LogP contribution in [-0.4, -0.2) is 28.6 Å². The highest BCUT2D eigenvalue weighted by atomic mass is 28.4. The lowest BCUT2D eigenvalue weighted by molar-refractivity contribution is 0.0859. The molecule has 2 aromatic rings. The van der Waals surface area contributed by atoms with Gasteiger partial charge in [0.1, 0.15) is 0 Å². The Hall–Kier alpha value is -1.74. The molecule has 0 fully saturated rings. The number of rotatable bonds is 8. The Balaban J connectivity index is 2.47. The summed E-state index contributed by atoms with van der Waals surface area (Å²) in [5, 5.41) is 0.635. The average Bonchev–Trinajstić information content (AvgIpc) is 2.64. The van der Waals surface area contributed by atoms with Gasteiger partial charge in [0.2, 0.25) is 0 Å². The fraction of sp³-hybridized carbons (Fsp3) is 0.333. The van der Waals surface area contributed by atoms with E-state index < -0.39 is 32.1 Å². The molecule has 0 radical (unpaired) electrons. The van der Waals surface area contributed by atoms with E-state index in [1.165, 1.54) is 12.1 Å². The summed E-state index contributed by atoms with van der Waals surface area (Å²) in [5.41, 5.74) is -0.180.